The molecule has 0 bridgehead atoms. The predicted octanol–water partition coefficient (Wildman–Crippen LogP) is 2.54. The lowest BCUT2D eigenvalue weighted by atomic mass is 9.86. The molecule has 1 heterocycles. The van der Waals surface area contributed by atoms with Gasteiger partial charge in [0.15, 0.2) is 0 Å². The number of aliphatic hydroxyl groups is 1. The quantitative estimate of drug-likeness (QED) is 0.799. The first-order valence-electron chi connectivity index (χ1n) is 6.38. The first-order chi connectivity index (χ1) is 7.76. The third-order valence-electron chi connectivity index (χ3n) is 3.56. The van der Waals surface area contributed by atoms with Gasteiger partial charge in [0, 0.05) is 31.0 Å². The molecule has 3 nitrogen and oxygen atoms in total. The second-order valence-electron chi connectivity index (χ2n) is 5.80. The molecule has 0 aliphatic heterocycles. The molecule has 17 heavy (non-hydrogen) atoms. The molecule has 1 rings (SSSR count). The van der Waals surface area contributed by atoms with Crippen LogP contribution in [-0.4, -0.2) is 20.8 Å². The van der Waals surface area contributed by atoms with Gasteiger partial charge in [-0.25, -0.2) is 0 Å². The van der Waals surface area contributed by atoms with Crippen molar-refractivity contribution >= 4 is 0 Å². The summed E-state index contributed by atoms with van der Waals surface area (Å²) in [5, 5.41) is 13.5. The summed E-state index contributed by atoms with van der Waals surface area (Å²) in [7, 11) is 0. The molecule has 3 heteroatoms. The second-order valence-corrected chi connectivity index (χ2v) is 5.80. The molecule has 2 N–H and O–H groups in total. The predicted molar refractivity (Wildman–Crippen MR) is 71.9 cm³/mol. The Kier molecular flexibility index (Phi) is 4.39. The molecule has 0 fully saturated rings. The lowest BCUT2D eigenvalue weighted by molar-refractivity contribution is -0.00531. The van der Waals surface area contributed by atoms with Crippen molar-refractivity contribution in [3.63, 3.8) is 0 Å². The fraction of sp³-hybridized carbons (Fsp3) is 0.714. The molecule has 98 valence electrons. The van der Waals surface area contributed by atoms with Crippen molar-refractivity contribution in [2.24, 2.45) is 0 Å². The van der Waals surface area contributed by atoms with Crippen LogP contribution in [0.1, 0.15) is 46.6 Å². The lowest BCUT2D eigenvalue weighted by Gasteiger charge is -2.38. The third-order valence-corrected chi connectivity index (χ3v) is 3.56. The largest absolute Gasteiger partial charge is 0.389 e. The van der Waals surface area contributed by atoms with Crippen LogP contribution in [0.3, 0.4) is 0 Å². The summed E-state index contributed by atoms with van der Waals surface area (Å²) in [6, 6.07) is 2.13. The van der Waals surface area contributed by atoms with Crippen LogP contribution in [0, 0.1) is 0 Å². The average Bonchev–Trinajstić information content (AvgIpc) is 2.62. The minimum Gasteiger partial charge on any atom is -0.389 e. The highest BCUT2D eigenvalue weighted by atomic mass is 16.3. The van der Waals surface area contributed by atoms with Crippen LogP contribution in [0.15, 0.2) is 18.5 Å². The van der Waals surface area contributed by atoms with E-state index in [2.05, 4.69) is 35.3 Å². The van der Waals surface area contributed by atoms with Crippen LogP contribution >= 0.6 is 0 Å². The minimum absolute atomic E-state index is 0.306. The van der Waals surface area contributed by atoms with Crippen LogP contribution in [0.4, 0.5) is 0 Å². The molecular weight excluding hydrogens is 212 g/mol. The highest BCUT2D eigenvalue weighted by molar-refractivity contribution is 5.11. The number of rotatable bonds is 6. The number of nitrogens with zero attached hydrogens (tertiary/aromatic N) is 1. The molecule has 0 radical (unpaired) electrons. The Morgan fingerprint density at radius 3 is 2.47 bits per heavy atom. The lowest BCUT2D eigenvalue weighted by Crippen LogP contribution is -2.55. The number of hydrogen-bond acceptors (Lipinski definition) is 2. The third kappa shape index (κ3) is 3.86. The molecule has 0 amide bonds. The minimum atomic E-state index is -0.737. The van der Waals surface area contributed by atoms with Gasteiger partial charge in [-0.1, -0.05) is 6.92 Å². The highest BCUT2D eigenvalue weighted by Gasteiger charge is 2.34. The maximum Gasteiger partial charge on any atom is 0.0767 e. The Bertz CT molecular complexity index is 347. The Labute approximate surface area is 105 Å². The van der Waals surface area contributed by atoms with E-state index in [9.17, 15) is 5.11 Å². The first-order valence-corrected chi connectivity index (χ1v) is 6.38. The van der Waals surface area contributed by atoms with Crippen molar-refractivity contribution in [3.8, 4) is 0 Å². The smallest absolute Gasteiger partial charge is 0.0767 e. The molecule has 1 aromatic rings. The Morgan fingerprint density at radius 1 is 1.29 bits per heavy atom. The van der Waals surface area contributed by atoms with E-state index >= 15 is 0 Å². The number of aryl methyl sites for hydroxylation is 1. The first kappa shape index (κ1) is 14.3. The zero-order valence-corrected chi connectivity index (χ0v) is 11.7. The summed E-state index contributed by atoms with van der Waals surface area (Å²) in [6.07, 6.45) is 5.42. The van der Waals surface area contributed by atoms with Crippen molar-refractivity contribution in [1.82, 2.24) is 9.88 Å². The molecule has 1 aromatic heterocycles. The van der Waals surface area contributed by atoms with E-state index in [0.717, 1.165) is 19.5 Å². The maximum atomic E-state index is 10.0. The Balaban J connectivity index is 2.55. The number of nitrogens with one attached hydrogen (secondary N) is 1. The van der Waals surface area contributed by atoms with Crippen molar-refractivity contribution in [3.05, 3.63) is 24.0 Å². The van der Waals surface area contributed by atoms with Crippen molar-refractivity contribution in [2.45, 2.75) is 65.3 Å². The van der Waals surface area contributed by atoms with Crippen LogP contribution in [0.2, 0.25) is 0 Å². The summed E-state index contributed by atoms with van der Waals surface area (Å²) in [5.74, 6) is 0. The van der Waals surface area contributed by atoms with Gasteiger partial charge < -0.3 is 15.0 Å². The standard InChI is InChI=1S/C14H26N2O/c1-6-8-16-9-7-12(11-16)10-15-13(2,3)14(4,5)17/h7,9,11,15,17H,6,8,10H2,1-5H3. The van der Waals surface area contributed by atoms with E-state index in [4.69, 9.17) is 0 Å². The van der Waals surface area contributed by atoms with Crippen molar-refractivity contribution in [2.75, 3.05) is 0 Å². The summed E-state index contributed by atoms with van der Waals surface area (Å²) in [6.45, 7) is 11.7. The summed E-state index contributed by atoms with van der Waals surface area (Å²) < 4.78 is 2.20. The molecule has 0 atom stereocenters. The SMILES string of the molecule is CCCn1ccc(CNC(C)(C)C(C)(C)O)c1. The summed E-state index contributed by atoms with van der Waals surface area (Å²) >= 11 is 0. The average molecular weight is 238 g/mol. The Morgan fingerprint density at radius 2 is 1.94 bits per heavy atom. The highest BCUT2D eigenvalue weighted by Crippen LogP contribution is 2.21. The monoisotopic (exact) mass is 238 g/mol. The van der Waals surface area contributed by atoms with E-state index in [-0.39, 0.29) is 5.54 Å². The van der Waals surface area contributed by atoms with Crippen LogP contribution < -0.4 is 5.32 Å². The second kappa shape index (κ2) is 5.23. The molecule has 0 aliphatic carbocycles. The van der Waals surface area contributed by atoms with Gasteiger partial charge in [-0.05, 0) is 45.7 Å². The molecule has 0 aromatic carbocycles. The van der Waals surface area contributed by atoms with E-state index in [1.54, 1.807) is 0 Å². The van der Waals surface area contributed by atoms with Crippen molar-refractivity contribution in [1.29, 1.82) is 0 Å². The van der Waals surface area contributed by atoms with Gasteiger partial charge in [0.1, 0.15) is 0 Å². The van der Waals surface area contributed by atoms with Crippen molar-refractivity contribution < 1.29 is 5.11 Å². The van der Waals surface area contributed by atoms with Gasteiger partial charge in [-0.2, -0.15) is 0 Å². The van der Waals surface area contributed by atoms with Gasteiger partial charge in [-0.15, -0.1) is 0 Å². The zero-order valence-electron chi connectivity index (χ0n) is 11.7. The molecule has 0 aliphatic rings. The molecular formula is C14H26N2O. The molecule has 0 saturated carbocycles. The van der Waals surface area contributed by atoms with Gasteiger partial charge in [-0.3, -0.25) is 0 Å². The van der Waals surface area contributed by atoms with Crippen LogP contribution in [0.25, 0.3) is 0 Å². The normalized spacial score (nSPS) is 13.1. The summed E-state index contributed by atoms with van der Waals surface area (Å²) in [5.41, 5.74) is 0.217. The number of hydrogen-bond donors (Lipinski definition) is 2. The van der Waals surface area contributed by atoms with E-state index < -0.39 is 5.60 Å². The van der Waals surface area contributed by atoms with Crippen LogP contribution in [-0.2, 0) is 13.1 Å². The van der Waals surface area contributed by atoms with Crippen LogP contribution in [0.5, 0.6) is 0 Å². The molecule has 0 saturated heterocycles. The fourth-order valence-corrected chi connectivity index (χ4v) is 1.53. The topological polar surface area (TPSA) is 37.2 Å². The van der Waals surface area contributed by atoms with Gasteiger partial charge in [0.25, 0.3) is 0 Å². The molecule has 0 unspecified atom stereocenters. The fourth-order valence-electron chi connectivity index (χ4n) is 1.53. The van der Waals surface area contributed by atoms with E-state index in [1.165, 1.54) is 5.56 Å². The van der Waals surface area contributed by atoms with E-state index in [0.29, 0.717) is 0 Å². The molecule has 0 spiro atoms. The maximum absolute atomic E-state index is 10.0. The van der Waals surface area contributed by atoms with Gasteiger partial charge >= 0.3 is 0 Å². The van der Waals surface area contributed by atoms with Gasteiger partial charge in [0.2, 0.25) is 0 Å². The Hall–Kier alpha value is -0.800. The van der Waals surface area contributed by atoms with Gasteiger partial charge in [0.05, 0.1) is 5.60 Å². The zero-order chi connectivity index (χ0) is 13.1. The summed E-state index contributed by atoms with van der Waals surface area (Å²) in [4.78, 5) is 0. The number of aromatic nitrogens is 1. The van der Waals surface area contributed by atoms with E-state index in [1.807, 2.05) is 27.7 Å².